The van der Waals surface area contributed by atoms with E-state index < -0.39 is 0 Å². The first kappa shape index (κ1) is 9.58. The molecule has 1 heterocycles. The van der Waals surface area contributed by atoms with E-state index in [2.05, 4.69) is 5.10 Å². The van der Waals surface area contributed by atoms with Crippen molar-refractivity contribution >= 4 is 5.69 Å². The number of para-hydroxylation sites is 1. The Kier molecular flexibility index (Phi) is 2.33. The fourth-order valence-corrected chi connectivity index (χ4v) is 1.54. The van der Waals surface area contributed by atoms with Crippen LogP contribution in [0.2, 0.25) is 0 Å². The first-order chi connectivity index (χ1) is 7.16. The van der Waals surface area contributed by atoms with E-state index >= 15 is 0 Å². The highest BCUT2D eigenvalue weighted by Gasteiger charge is 2.03. The van der Waals surface area contributed by atoms with Gasteiger partial charge in [-0.3, -0.25) is 14.6 Å². The lowest BCUT2D eigenvalue weighted by molar-refractivity contribution is 0.725. The second-order valence-corrected chi connectivity index (χ2v) is 3.55. The zero-order valence-corrected chi connectivity index (χ0v) is 8.53. The van der Waals surface area contributed by atoms with Gasteiger partial charge in [0.2, 0.25) is 0 Å². The molecular formula is C11H13N3O. The summed E-state index contributed by atoms with van der Waals surface area (Å²) in [4.78, 5) is 11.2. The summed E-state index contributed by atoms with van der Waals surface area (Å²) < 4.78 is 1.45. The minimum Gasteiger partial charge on any atom is -0.398 e. The molecule has 0 atom stereocenters. The number of anilines is 1. The molecule has 78 valence electrons. The van der Waals surface area contributed by atoms with E-state index in [1.165, 1.54) is 4.68 Å². The molecule has 0 bridgehead atoms. The quantitative estimate of drug-likeness (QED) is 0.712. The van der Waals surface area contributed by atoms with Gasteiger partial charge in [-0.15, -0.1) is 0 Å². The van der Waals surface area contributed by atoms with Gasteiger partial charge in [0.05, 0.1) is 0 Å². The summed E-state index contributed by atoms with van der Waals surface area (Å²) in [7, 11) is 1.69. The SMILES string of the molecule is Cn1[nH]c(Cc2ccccc2N)cc1=O. The van der Waals surface area contributed by atoms with Gasteiger partial charge in [0.25, 0.3) is 5.56 Å². The van der Waals surface area contributed by atoms with Crippen molar-refractivity contribution in [1.82, 2.24) is 9.78 Å². The number of aromatic nitrogens is 2. The van der Waals surface area contributed by atoms with Crippen molar-refractivity contribution in [3.63, 3.8) is 0 Å². The number of nitrogens with one attached hydrogen (secondary N) is 1. The van der Waals surface area contributed by atoms with Crippen LogP contribution in [0, 0.1) is 0 Å². The van der Waals surface area contributed by atoms with Crippen LogP contribution in [0.5, 0.6) is 0 Å². The van der Waals surface area contributed by atoms with Crippen molar-refractivity contribution in [2.75, 3.05) is 5.73 Å². The molecule has 0 aliphatic rings. The molecule has 0 aliphatic heterocycles. The zero-order valence-electron chi connectivity index (χ0n) is 8.53. The van der Waals surface area contributed by atoms with Crippen LogP contribution in [0.15, 0.2) is 35.1 Å². The van der Waals surface area contributed by atoms with E-state index in [4.69, 9.17) is 5.73 Å². The summed E-state index contributed by atoms with van der Waals surface area (Å²) in [6, 6.07) is 9.24. The molecule has 2 aromatic rings. The lowest BCUT2D eigenvalue weighted by Crippen LogP contribution is -2.09. The molecule has 4 heteroatoms. The topological polar surface area (TPSA) is 63.8 Å². The van der Waals surface area contributed by atoms with Crippen LogP contribution < -0.4 is 11.3 Å². The maximum absolute atomic E-state index is 11.2. The summed E-state index contributed by atoms with van der Waals surface area (Å²) in [5.41, 5.74) is 8.44. The summed E-state index contributed by atoms with van der Waals surface area (Å²) in [6.45, 7) is 0. The summed E-state index contributed by atoms with van der Waals surface area (Å²) >= 11 is 0. The minimum atomic E-state index is -0.0282. The Labute approximate surface area is 87.3 Å². The van der Waals surface area contributed by atoms with Gasteiger partial charge in [0.1, 0.15) is 0 Å². The van der Waals surface area contributed by atoms with Gasteiger partial charge in [-0.05, 0) is 11.6 Å². The molecule has 0 unspecified atom stereocenters. The van der Waals surface area contributed by atoms with Crippen molar-refractivity contribution in [2.45, 2.75) is 6.42 Å². The number of hydrogen-bond acceptors (Lipinski definition) is 2. The summed E-state index contributed by atoms with van der Waals surface area (Å²) in [6.07, 6.45) is 0.656. The number of H-pyrrole nitrogens is 1. The Morgan fingerprint density at radius 1 is 1.40 bits per heavy atom. The van der Waals surface area contributed by atoms with Crippen LogP contribution >= 0.6 is 0 Å². The van der Waals surface area contributed by atoms with Gasteiger partial charge in [-0.2, -0.15) is 0 Å². The van der Waals surface area contributed by atoms with Crippen LogP contribution in [0.25, 0.3) is 0 Å². The second kappa shape index (κ2) is 3.65. The average Bonchev–Trinajstić information content (AvgIpc) is 2.50. The number of nitrogens with two attached hydrogens (primary N) is 1. The first-order valence-electron chi connectivity index (χ1n) is 4.75. The van der Waals surface area contributed by atoms with Crippen LogP contribution in [0.1, 0.15) is 11.3 Å². The van der Waals surface area contributed by atoms with Crippen LogP contribution in [-0.2, 0) is 13.5 Å². The summed E-state index contributed by atoms with van der Waals surface area (Å²) in [5.74, 6) is 0. The fourth-order valence-electron chi connectivity index (χ4n) is 1.54. The maximum atomic E-state index is 11.2. The van der Waals surface area contributed by atoms with Gasteiger partial charge in [0, 0.05) is 30.9 Å². The van der Waals surface area contributed by atoms with E-state index in [-0.39, 0.29) is 5.56 Å². The number of benzene rings is 1. The molecule has 1 aromatic carbocycles. The number of aromatic amines is 1. The molecule has 15 heavy (non-hydrogen) atoms. The Bertz CT molecular complexity index is 525. The molecule has 1 aromatic heterocycles. The largest absolute Gasteiger partial charge is 0.398 e. The number of rotatable bonds is 2. The molecular weight excluding hydrogens is 190 g/mol. The van der Waals surface area contributed by atoms with Crippen molar-refractivity contribution in [3.8, 4) is 0 Å². The first-order valence-corrected chi connectivity index (χ1v) is 4.75. The van der Waals surface area contributed by atoms with E-state index in [0.29, 0.717) is 6.42 Å². The van der Waals surface area contributed by atoms with Gasteiger partial charge < -0.3 is 5.73 Å². The van der Waals surface area contributed by atoms with Crippen molar-refractivity contribution in [2.24, 2.45) is 7.05 Å². The van der Waals surface area contributed by atoms with Gasteiger partial charge >= 0.3 is 0 Å². The Morgan fingerprint density at radius 3 is 2.73 bits per heavy atom. The molecule has 2 rings (SSSR count). The zero-order chi connectivity index (χ0) is 10.8. The maximum Gasteiger partial charge on any atom is 0.266 e. The van der Waals surface area contributed by atoms with E-state index in [0.717, 1.165) is 16.9 Å². The van der Waals surface area contributed by atoms with Crippen LogP contribution in [0.4, 0.5) is 5.69 Å². The Hall–Kier alpha value is -1.97. The number of aryl methyl sites for hydroxylation is 1. The Morgan fingerprint density at radius 2 is 2.13 bits per heavy atom. The molecule has 0 spiro atoms. The van der Waals surface area contributed by atoms with Gasteiger partial charge in [-0.25, -0.2) is 0 Å². The van der Waals surface area contributed by atoms with E-state index in [9.17, 15) is 4.79 Å². The van der Waals surface area contributed by atoms with Crippen LogP contribution in [-0.4, -0.2) is 9.78 Å². The normalized spacial score (nSPS) is 10.5. The van der Waals surface area contributed by atoms with Crippen molar-refractivity contribution < 1.29 is 0 Å². The molecule has 0 saturated heterocycles. The van der Waals surface area contributed by atoms with E-state index in [1.807, 2.05) is 24.3 Å². The molecule has 0 saturated carbocycles. The lowest BCUT2D eigenvalue weighted by Gasteiger charge is -2.02. The van der Waals surface area contributed by atoms with Crippen LogP contribution in [0.3, 0.4) is 0 Å². The number of hydrogen-bond donors (Lipinski definition) is 2. The summed E-state index contributed by atoms with van der Waals surface area (Å²) in [5, 5.41) is 2.97. The molecule has 3 N–H and O–H groups in total. The van der Waals surface area contributed by atoms with Gasteiger partial charge in [-0.1, -0.05) is 18.2 Å². The molecule has 0 fully saturated rings. The average molecular weight is 203 g/mol. The molecule has 4 nitrogen and oxygen atoms in total. The highest BCUT2D eigenvalue weighted by Crippen LogP contribution is 2.13. The minimum absolute atomic E-state index is 0.0282. The standard InChI is InChI=1S/C11H13N3O/c1-14-11(15)7-9(13-14)6-8-4-2-3-5-10(8)12/h2-5,7,13H,6,12H2,1H3. The molecule has 0 aliphatic carbocycles. The third-order valence-electron chi connectivity index (χ3n) is 2.38. The Balaban J connectivity index is 2.30. The highest BCUT2D eigenvalue weighted by molar-refractivity contribution is 5.47. The molecule has 0 amide bonds. The van der Waals surface area contributed by atoms with E-state index in [1.54, 1.807) is 13.1 Å². The number of nitrogen functional groups attached to an aromatic ring is 1. The third kappa shape index (κ3) is 1.93. The lowest BCUT2D eigenvalue weighted by atomic mass is 10.1. The van der Waals surface area contributed by atoms with Crippen molar-refractivity contribution in [1.29, 1.82) is 0 Å². The monoisotopic (exact) mass is 203 g/mol. The predicted molar refractivity (Wildman–Crippen MR) is 59.7 cm³/mol. The smallest absolute Gasteiger partial charge is 0.266 e. The predicted octanol–water partition coefficient (Wildman–Crippen LogP) is 0.886. The van der Waals surface area contributed by atoms with Gasteiger partial charge in [0.15, 0.2) is 0 Å². The second-order valence-electron chi connectivity index (χ2n) is 3.55. The molecule has 0 radical (unpaired) electrons. The highest BCUT2D eigenvalue weighted by atomic mass is 16.1. The number of nitrogens with zero attached hydrogens (tertiary/aromatic N) is 1. The fraction of sp³-hybridized carbons (Fsp3) is 0.182. The van der Waals surface area contributed by atoms with Crippen molar-refractivity contribution in [3.05, 3.63) is 51.9 Å². The third-order valence-corrected chi connectivity index (χ3v) is 2.38.